The summed E-state index contributed by atoms with van der Waals surface area (Å²) in [5.74, 6) is 0.239. The van der Waals surface area contributed by atoms with E-state index in [4.69, 9.17) is 15.2 Å². The predicted octanol–water partition coefficient (Wildman–Crippen LogP) is 2.30. The fourth-order valence-corrected chi connectivity index (χ4v) is 2.91. The number of hydrogen-bond donors (Lipinski definition) is 3. The van der Waals surface area contributed by atoms with E-state index in [1.54, 1.807) is 24.4 Å². The summed E-state index contributed by atoms with van der Waals surface area (Å²) in [4.78, 5) is 16.0. The molecule has 1 aliphatic rings. The van der Waals surface area contributed by atoms with Gasteiger partial charge in [0.15, 0.2) is 5.82 Å². The molecule has 0 atom stereocenters. The van der Waals surface area contributed by atoms with Gasteiger partial charge in [0.1, 0.15) is 5.82 Å². The first-order valence-corrected chi connectivity index (χ1v) is 8.76. The molecule has 1 aliphatic heterocycles. The van der Waals surface area contributed by atoms with Crippen molar-refractivity contribution in [2.45, 2.75) is 13.2 Å². The van der Waals surface area contributed by atoms with Crippen molar-refractivity contribution in [3.63, 3.8) is 0 Å². The zero-order valence-corrected chi connectivity index (χ0v) is 15.2. The Hall–Kier alpha value is -2.88. The molecule has 2 aromatic heterocycles. The highest BCUT2D eigenvalue weighted by molar-refractivity contribution is 5.76. The Bertz CT molecular complexity index is 968. The molecule has 1 aromatic carbocycles. The Morgan fingerprint density at radius 2 is 1.93 bits per heavy atom. The maximum absolute atomic E-state index is 13.4. The van der Waals surface area contributed by atoms with Crippen molar-refractivity contribution in [1.82, 2.24) is 19.9 Å². The van der Waals surface area contributed by atoms with Gasteiger partial charge in [0.25, 0.3) is 0 Å². The molecule has 4 rings (SSSR count). The summed E-state index contributed by atoms with van der Waals surface area (Å²) in [7, 11) is 0. The monoisotopic (exact) mass is 385 g/mol. The van der Waals surface area contributed by atoms with E-state index < -0.39 is 11.7 Å². The summed E-state index contributed by atoms with van der Waals surface area (Å²) < 4.78 is 24.9. The van der Waals surface area contributed by atoms with Crippen LogP contribution in [0.3, 0.4) is 0 Å². The van der Waals surface area contributed by atoms with E-state index in [0.29, 0.717) is 41.7 Å². The number of imidazole rings is 1. The van der Waals surface area contributed by atoms with Gasteiger partial charge in [-0.2, -0.15) is 0 Å². The molecule has 28 heavy (non-hydrogen) atoms. The number of aliphatic hydroxyl groups excluding tert-OH is 1. The predicted molar refractivity (Wildman–Crippen MR) is 99.3 cm³/mol. The lowest BCUT2D eigenvalue weighted by Crippen LogP contribution is -2.39. The van der Waals surface area contributed by atoms with Crippen LogP contribution in [0.4, 0.5) is 10.3 Å². The van der Waals surface area contributed by atoms with Gasteiger partial charge in [0, 0.05) is 17.2 Å². The number of ether oxygens (including phenoxy) is 2. The van der Waals surface area contributed by atoms with Gasteiger partial charge >= 0.3 is 0 Å². The second kappa shape index (κ2) is 7.27. The van der Waals surface area contributed by atoms with Gasteiger partial charge in [0.2, 0.25) is 12.2 Å². The smallest absolute Gasteiger partial charge is 0.220 e. The van der Waals surface area contributed by atoms with Gasteiger partial charge in [-0.25, -0.2) is 19.3 Å². The van der Waals surface area contributed by atoms with E-state index in [2.05, 4.69) is 19.9 Å². The maximum Gasteiger partial charge on any atom is 0.220 e. The number of aliphatic hydroxyl groups is 1. The van der Waals surface area contributed by atoms with Crippen LogP contribution in [-0.4, -0.2) is 44.9 Å². The molecule has 1 saturated heterocycles. The summed E-state index contributed by atoms with van der Waals surface area (Å²) in [6.45, 7) is 2.50. The van der Waals surface area contributed by atoms with Crippen LogP contribution in [0.5, 0.6) is 0 Å². The zero-order valence-electron chi connectivity index (χ0n) is 15.2. The van der Waals surface area contributed by atoms with Gasteiger partial charge < -0.3 is 25.3 Å². The second-order valence-corrected chi connectivity index (χ2v) is 7.08. The van der Waals surface area contributed by atoms with Gasteiger partial charge in [-0.05, 0) is 30.3 Å². The van der Waals surface area contributed by atoms with Gasteiger partial charge in [-0.15, -0.1) is 0 Å². The third-order valence-corrected chi connectivity index (χ3v) is 4.54. The first-order valence-electron chi connectivity index (χ1n) is 8.76. The standard InChI is InChI=1S/C19H20FN5O3/c1-19(8-26)9-27-17(28-10-19)16-24-14(11-2-4-12(20)5-3-11)15(25-16)13-6-7-22-18(21)23-13/h2-7,17,26H,8-10H2,1H3,(H,24,25)(H2,21,22,23). The number of nitrogens with one attached hydrogen (secondary N) is 1. The molecule has 3 heterocycles. The number of hydrogen-bond acceptors (Lipinski definition) is 7. The molecule has 1 fully saturated rings. The third-order valence-electron chi connectivity index (χ3n) is 4.54. The molecule has 3 aromatic rings. The Balaban J connectivity index is 1.73. The first-order chi connectivity index (χ1) is 13.5. The van der Waals surface area contributed by atoms with Crippen LogP contribution in [0.25, 0.3) is 22.6 Å². The molecule has 0 radical (unpaired) electrons. The SMILES string of the molecule is CC1(CO)COC(c2nc(-c3ccc(F)cc3)c(-c3ccnc(N)n3)[nH]2)OC1. The lowest BCUT2D eigenvalue weighted by atomic mass is 9.94. The van der Waals surface area contributed by atoms with E-state index in [0.717, 1.165) is 0 Å². The van der Waals surface area contributed by atoms with Crippen molar-refractivity contribution >= 4 is 5.95 Å². The van der Waals surface area contributed by atoms with E-state index in [-0.39, 0.29) is 18.4 Å². The van der Waals surface area contributed by atoms with Crippen molar-refractivity contribution in [3.8, 4) is 22.6 Å². The number of nitrogens with zero attached hydrogens (tertiary/aromatic N) is 3. The van der Waals surface area contributed by atoms with E-state index >= 15 is 0 Å². The van der Waals surface area contributed by atoms with Crippen LogP contribution >= 0.6 is 0 Å². The molecule has 0 saturated carbocycles. The van der Waals surface area contributed by atoms with Crippen LogP contribution in [0.15, 0.2) is 36.5 Å². The molecule has 0 unspecified atom stereocenters. The molecule has 0 amide bonds. The average molecular weight is 385 g/mol. The molecule has 0 spiro atoms. The Kier molecular flexibility index (Phi) is 4.80. The highest BCUT2D eigenvalue weighted by atomic mass is 19.1. The lowest BCUT2D eigenvalue weighted by molar-refractivity contribution is -0.239. The van der Waals surface area contributed by atoms with E-state index in [9.17, 15) is 9.50 Å². The number of halogens is 1. The zero-order chi connectivity index (χ0) is 19.7. The minimum absolute atomic E-state index is 0.0375. The summed E-state index contributed by atoms with van der Waals surface area (Å²) in [6, 6.07) is 7.69. The molecule has 0 bridgehead atoms. The number of H-pyrrole nitrogens is 1. The summed E-state index contributed by atoms with van der Waals surface area (Å²) in [6.07, 6.45) is 0.833. The molecular formula is C19H20FN5O3. The largest absolute Gasteiger partial charge is 0.396 e. The second-order valence-electron chi connectivity index (χ2n) is 7.08. The topological polar surface area (TPSA) is 119 Å². The number of benzene rings is 1. The molecule has 146 valence electrons. The van der Waals surface area contributed by atoms with Gasteiger partial charge in [-0.1, -0.05) is 6.92 Å². The Morgan fingerprint density at radius 3 is 2.57 bits per heavy atom. The maximum atomic E-state index is 13.4. The van der Waals surface area contributed by atoms with Crippen LogP contribution in [0, 0.1) is 11.2 Å². The number of anilines is 1. The minimum atomic E-state index is -0.716. The molecule has 4 N–H and O–H groups in total. The minimum Gasteiger partial charge on any atom is -0.396 e. The highest BCUT2D eigenvalue weighted by Gasteiger charge is 2.34. The van der Waals surface area contributed by atoms with E-state index in [1.807, 2.05) is 6.92 Å². The van der Waals surface area contributed by atoms with Gasteiger partial charge in [-0.3, -0.25) is 0 Å². The van der Waals surface area contributed by atoms with Crippen LogP contribution in [0.1, 0.15) is 19.0 Å². The third kappa shape index (κ3) is 3.59. The summed E-state index contributed by atoms with van der Waals surface area (Å²) in [5, 5.41) is 9.46. The Morgan fingerprint density at radius 1 is 1.21 bits per heavy atom. The molecule has 9 heteroatoms. The van der Waals surface area contributed by atoms with E-state index in [1.165, 1.54) is 12.1 Å². The fraction of sp³-hybridized carbons (Fsp3) is 0.316. The van der Waals surface area contributed by atoms with Crippen molar-refractivity contribution in [1.29, 1.82) is 0 Å². The molecule has 8 nitrogen and oxygen atoms in total. The quantitative estimate of drug-likeness (QED) is 0.630. The highest BCUT2D eigenvalue weighted by Crippen LogP contribution is 2.35. The number of aromatic nitrogens is 4. The number of aromatic amines is 1. The summed E-state index contributed by atoms with van der Waals surface area (Å²) >= 11 is 0. The van der Waals surface area contributed by atoms with Crippen LogP contribution in [-0.2, 0) is 9.47 Å². The molecular weight excluding hydrogens is 365 g/mol. The first kappa shape index (κ1) is 18.5. The number of nitrogen functional groups attached to an aromatic ring is 1. The molecule has 0 aliphatic carbocycles. The Labute approximate surface area is 160 Å². The van der Waals surface area contributed by atoms with Crippen molar-refractivity contribution in [2.24, 2.45) is 5.41 Å². The average Bonchev–Trinajstić information content (AvgIpc) is 3.14. The number of nitrogens with two attached hydrogens (primary N) is 1. The van der Waals surface area contributed by atoms with Crippen LogP contribution in [0.2, 0.25) is 0 Å². The summed E-state index contributed by atoms with van der Waals surface area (Å²) in [5.41, 5.74) is 7.67. The number of rotatable bonds is 4. The van der Waals surface area contributed by atoms with Crippen molar-refractivity contribution in [3.05, 3.63) is 48.2 Å². The van der Waals surface area contributed by atoms with Crippen molar-refractivity contribution < 1.29 is 19.0 Å². The van der Waals surface area contributed by atoms with Crippen molar-refractivity contribution in [2.75, 3.05) is 25.6 Å². The lowest BCUT2D eigenvalue weighted by Gasteiger charge is -2.35. The normalized spacial score (nSPS) is 22.3. The van der Waals surface area contributed by atoms with Gasteiger partial charge in [0.05, 0.1) is 36.9 Å². The van der Waals surface area contributed by atoms with Crippen LogP contribution < -0.4 is 5.73 Å². The fourth-order valence-electron chi connectivity index (χ4n) is 2.91.